The first-order valence-corrected chi connectivity index (χ1v) is 14.9. The lowest BCUT2D eigenvalue weighted by Crippen LogP contribution is -2.51. The molecule has 1 atom stereocenters. The predicted molar refractivity (Wildman–Crippen MR) is 156 cm³/mol. The van der Waals surface area contributed by atoms with Crippen molar-refractivity contribution in [1.29, 1.82) is 0 Å². The van der Waals surface area contributed by atoms with E-state index in [2.05, 4.69) is 5.32 Å². The third-order valence-electron chi connectivity index (χ3n) is 6.68. The van der Waals surface area contributed by atoms with E-state index in [1.165, 1.54) is 23.1 Å². The van der Waals surface area contributed by atoms with E-state index >= 15 is 0 Å². The normalized spacial score (nSPS) is 12.1. The molecule has 3 rings (SSSR count). The molecule has 0 saturated heterocycles. The first kappa shape index (κ1) is 30.8. The standard InChI is InChI=1S/C31H38FN3O4S/c1-6-7-16-33-31(37)25(5)34(20-26-10-8-9-11-29(26)32)30(36)21-35(27-18-23(3)17-24(4)19-27)40(38,39)28-14-12-22(2)13-15-28/h8-15,17-19,25H,6-7,16,20-21H2,1-5H3,(H,33,37)/t25-/m1/s1. The maximum Gasteiger partial charge on any atom is 0.264 e. The van der Waals surface area contributed by atoms with Gasteiger partial charge in [0.25, 0.3) is 10.0 Å². The number of anilines is 1. The molecule has 40 heavy (non-hydrogen) atoms. The zero-order chi connectivity index (χ0) is 29.4. The smallest absolute Gasteiger partial charge is 0.264 e. The average Bonchev–Trinajstić information content (AvgIpc) is 2.90. The van der Waals surface area contributed by atoms with Gasteiger partial charge in [-0.1, -0.05) is 55.3 Å². The van der Waals surface area contributed by atoms with Crippen molar-refractivity contribution in [1.82, 2.24) is 10.2 Å². The van der Waals surface area contributed by atoms with Crippen molar-refractivity contribution in [3.63, 3.8) is 0 Å². The van der Waals surface area contributed by atoms with Gasteiger partial charge in [-0.3, -0.25) is 13.9 Å². The molecule has 0 fully saturated rings. The van der Waals surface area contributed by atoms with Crippen LogP contribution in [-0.2, 0) is 26.2 Å². The number of benzene rings is 3. The highest BCUT2D eigenvalue weighted by atomic mass is 32.2. The van der Waals surface area contributed by atoms with Crippen LogP contribution in [0.5, 0.6) is 0 Å². The van der Waals surface area contributed by atoms with Gasteiger partial charge in [-0.15, -0.1) is 0 Å². The summed E-state index contributed by atoms with van der Waals surface area (Å²) in [6, 6.07) is 16.8. The van der Waals surface area contributed by atoms with Gasteiger partial charge in [-0.05, 0) is 75.6 Å². The van der Waals surface area contributed by atoms with E-state index in [0.29, 0.717) is 12.2 Å². The molecule has 1 N–H and O–H groups in total. The number of hydrogen-bond donors (Lipinski definition) is 1. The Hall–Kier alpha value is -3.72. The van der Waals surface area contributed by atoms with Gasteiger partial charge < -0.3 is 10.2 Å². The van der Waals surface area contributed by atoms with E-state index < -0.39 is 40.2 Å². The molecule has 0 bridgehead atoms. The number of nitrogens with zero attached hydrogens (tertiary/aromatic N) is 2. The molecule has 0 aliphatic heterocycles. The minimum absolute atomic E-state index is 0.0380. The number of halogens is 1. The molecule has 0 saturated carbocycles. The van der Waals surface area contributed by atoms with Crippen molar-refractivity contribution in [2.24, 2.45) is 0 Å². The summed E-state index contributed by atoms with van der Waals surface area (Å²) in [5, 5.41) is 2.82. The second-order valence-electron chi connectivity index (χ2n) is 10.1. The molecule has 0 radical (unpaired) electrons. The number of rotatable bonds is 12. The first-order valence-electron chi connectivity index (χ1n) is 13.4. The number of aryl methyl sites for hydroxylation is 3. The van der Waals surface area contributed by atoms with E-state index in [1.54, 1.807) is 49.4 Å². The minimum Gasteiger partial charge on any atom is -0.354 e. The summed E-state index contributed by atoms with van der Waals surface area (Å²) >= 11 is 0. The Labute approximate surface area is 237 Å². The predicted octanol–water partition coefficient (Wildman–Crippen LogP) is 5.28. The lowest BCUT2D eigenvalue weighted by molar-refractivity contribution is -0.139. The third-order valence-corrected chi connectivity index (χ3v) is 8.47. The zero-order valence-corrected chi connectivity index (χ0v) is 24.6. The van der Waals surface area contributed by atoms with Crippen LogP contribution in [0.2, 0.25) is 0 Å². The molecule has 0 aromatic heterocycles. The Morgan fingerprint density at radius 2 is 1.55 bits per heavy atom. The number of unbranched alkanes of at least 4 members (excludes halogenated alkanes) is 1. The summed E-state index contributed by atoms with van der Waals surface area (Å²) in [5.74, 6) is -1.54. The minimum atomic E-state index is -4.17. The maximum absolute atomic E-state index is 14.6. The lowest BCUT2D eigenvalue weighted by atomic mass is 10.1. The van der Waals surface area contributed by atoms with Crippen LogP contribution in [0.15, 0.2) is 71.6 Å². The van der Waals surface area contributed by atoms with E-state index in [4.69, 9.17) is 0 Å². The van der Waals surface area contributed by atoms with Gasteiger partial charge in [-0.2, -0.15) is 0 Å². The SMILES string of the molecule is CCCCNC(=O)[C@@H](C)N(Cc1ccccc1F)C(=O)CN(c1cc(C)cc(C)c1)S(=O)(=O)c1ccc(C)cc1. The van der Waals surface area contributed by atoms with E-state index in [1.807, 2.05) is 33.8 Å². The Kier molecular flexibility index (Phi) is 10.5. The van der Waals surface area contributed by atoms with Gasteiger partial charge in [0.2, 0.25) is 11.8 Å². The highest BCUT2D eigenvalue weighted by Crippen LogP contribution is 2.27. The van der Waals surface area contributed by atoms with Gasteiger partial charge in [0.05, 0.1) is 10.6 Å². The maximum atomic E-state index is 14.6. The molecule has 0 spiro atoms. The number of sulfonamides is 1. The van der Waals surface area contributed by atoms with Gasteiger partial charge in [0, 0.05) is 18.7 Å². The summed E-state index contributed by atoms with van der Waals surface area (Å²) in [5.41, 5.74) is 3.12. The summed E-state index contributed by atoms with van der Waals surface area (Å²) in [6.07, 6.45) is 1.66. The summed E-state index contributed by atoms with van der Waals surface area (Å²) in [4.78, 5) is 28.2. The molecule has 3 aromatic rings. The quantitative estimate of drug-likeness (QED) is 0.302. The highest BCUT2D eigenvalue weighted by Gasteiger charge is 2.33. The van der Waals surface area contributed by atoms with Crippen LogP contribution in [0.4, 0.5) is 10.1 Å². The number of nitrogens with one attached hydrogen (secondary N) is 1. The molecular formula is C31H38FN3O4S. The highest BCUT2D eigenvalue weighted by molar-refractivity contribution is 7.92. The van der Waals surface area contributed by atoms with Crippen LogP contribution in [0.25, 0.3) is 0 Å². The molecule has 0 aliphatic carbocycles. The number of amides is 2. The monoisotopic (exact) mass is 567 g/mol. The summed E-state index contributed by atoms with van der Waals surface area (Å²) in [6.45, 7) is 8.80. The van der Waals surface area contributed by atoms with Crippen LogP contribution in [0.1, 0.15) is 48.9 Å². The summed E-state index contributed by atoms with van der Waals surface area (Å²) < 4.78 is 43.6. The van der Waals surface area contributed by atoms with E-state index in [0.717, 1.165) is 33.8 Å². The number of carbonyl (C=O) groups excluding carboxylic acids is 2. The van der Waals surface area contributed by atoms with Crippen molar-refractivity contribution >= 4 is 27.5 Å². The van der Waals surface area contributed by atoms with Crippen molar-refractivity contribution in [2.45, 2.75) is 64.9 Å². The molecule has 214 valence electrons. The van der Waals surface area contributed by atoms with Crippen LogP contribution >= 0.6 is 0 Å². The van der Waals surface area contributed by atoms with E-state index in [9.17, 15) is 22.4 Å². The Bertz CT molecular complexity index is 1420. The van der Waals surface area contributed by atoms with Crippen molar-refractivity contribution < 1.29 is 22.4 Å². The Balaban J connectivity index is 2.04. The Morgan fingerprint density at radius 1 is 0.925 bits per heavy atom. The molecule has 0 unspecified atom stereocenters. The van der Waals surface area contributed by atoms with Gasteiger partial charge in [-0.25, -0.2) is 12.8 Å². The fourth-order valence-electron chi connectivity index (χ4n) is 4.39. The van der Waals surface area contributed by atoms with Crippen molar-refractivity contribution in [3.8, 4) is 0 Å². The molecule has 0 heterocycles. The van der Waals surface area contributed by atoms with Gasteiger partial charge >= 0.3 is 0 Å². The molecule has 0 aliphatic rings. The van der Waals surface area contributed by atoms with Crippen LogP contribution in [-0.4, -0.2) is 44.3 Å². The summed E-state index contributed by atoms with van der Waals surface area (Å²) in [7, 11) is -4.17. The molecule has 2 amide bonds. The van der Waals surface area contributed by atoms with Crippen molar-refractivity contribution in [3.05, 3.63) is 94.8 Å². The van der Waals surface area contributed by atoms with Gasteiger partial charge in [0.1, 0.15) is 18.4 Å². The zero-order valence-electron chi connectivity index (χ0n) is 23.8. The average molecular weight is 568 g/mol. The molecular weight excluding hydrogens is 529 g/mol. The second-order valence-corrected chi connectivity index (χ2v) is 12.0. The van der Waals surface area contributed by atoms with E-state index in [-0.39, 0.29) is 17.0 Å². The van der Waals surface area contributed by atoms with Crippen LogP contribution in [0, 0.1) is 26.6 Å². The molecule has 9 heteroatoms. The van der Waals surface area contributed by atoms with Crippen LogP contribution < -0.4 is 9.62 Å². The van der Waals surface area contributed by atoms with Gasteiger partial charge in [0.15, 0.2) is 0 Å². The van der Waals surface area contributed by atoms with Crippen molar-refractivity contribution in [2.75, 3.05) is 17.4 Å². The Morgan fingerprint density at radius 3 is 2.15 bits per heavy atom. The number of carbonyl (C=O) groups is 2. The lowest BCUT2D eigenvalue weighted by Gasteiger charge is -2.32. The number of hydrogen-bond acceptors (Lipinski definition) is 4. The molecule has 3 aromatic carbocycles. The topological polar surface area (TPSA) is 86.8 Å². The second kappa shape index (κ2) is 13.6. The van der Waals surface area contributed by atoms with Crippen LogP contribution in [0.3, 0.4) is 0 Å². The fourth-order valence-corrected chi connectivity index (χ4v) is 5.79. The molecule has 7 nitrogen and oxygen atoms in total. The fraction of sp³-hybridized carbons (Fsp3) is 0.355. The third kappa shape index (κ3) is 7.69. The largest absolute Gasteiger partial charge is 0.354 e. The first-order chi connectivity index (χ1) is 18.9.